The molecule has 0 N–H and O–H groups in total. The molecule has 0 spiro atoms. The van der Waals surface area contributed by atoms with E-state index in [9.17, 15) is 14.0 Å². The highest BCUT2D eigenvalue weighted by Crippen LogP contribution is 2.38. The number of halogens is 1. The minimum atomic E-state index is -0.300. The largest absolute Gasteiger partial charge is 0.331 e. The second kappa shape index (κ2) is 8.31. The van der Waals surface area contributed by atoms with Crippen LogP contribution in [0.15, 0.2) is 35.7 Å². The molecule has 0 saturated carbocycles. The van der Waals surface area contributed by atoms with Gasteiger partial charge >= 0.3 is 6.03 Å². The maximum atomic E-state index is 13.4. The maximum absolute atomic E-state index is 13.4. The van der Waals surface area contributed by atoms with Crippen LogP contribution in [0.2, 0.25) is 0 Å². The van der Waals surface area contributed by atoms with E-state index in [0.29, 0.717) is 6.54 Å². The van der Waals surface area contributed by atoms with Crippen LogP contribution in [-0.2, 0) is 11.2 Å². The Bertz CT molecular complexity index is 848. The predicted molar refractivity (Wildman–Crippen MR) is 109 cm³/mol. The van der Waals surface area contributed by atoms with Crippen molar-refractivity contribution in [2.75, 3.05) is 27.2 Å². The van der Waals surface area contributed by atoms with Gasteiger partial charge in [-0.25, -0.2) is 9.18 Å². The van der Waals surface area contributed by atoms with Crippen LogP contribution >= 0.6 is 11.3 Å². The summed E-state index contributed by atoms with van der Waals surface area (Å²) in [6.45, 7) is 4.40. The van der Waals surface area contributed by atoms with Crippen molar-refractivity contribution >= 4 is 23.3 Å². The number of fused-ring (bicyclic) bond motifs is 1. The molecule has 28 heavy (non-hydrogen) atoms. The Morgan fingerprint density at radius 2 is 1.89 bits per heavy atom. The van der Waals surface area contributed by atoms with Gasteiger partial charge in [-0.1, -0.05) is 12.1 Å². The average Bonchev–Trinajstić information content (AvgIpc) is 3.13. The van der Waals surface area contributed by atoms with Gasteiger partial charge in [0.25, 0.3) is 0 Å². The fourth-order valence-corrected chi connectivity index (χ4v) is 4.46. The molecule has 2 heterocycles. The molecule has 1 aliphatic heterocycles. The summed E-state index contributed by atoms with van der Waals surface area (Å²) in [4.78, 5) is 31.9. The molecular weight excluding hydrogens is 377 g/mol. The van der Waals surface area contributed by atoms with E-state index >= 15 is 0 Å². The summed E-state index contributed by atoms with van der Waals surface area (Å²) in [7, 11) is 3.37. The Kier molecular flexibility index (Phi) is 6.03. The molecule has 1 atom stereocenters. The first kappa shape index (κ1) is 20.3. The van der Waals surface area contributed by atoms with Crippen molar-refractivity contribution < 1.29 is 14.0 Å². The van der Waals surface area contributed by atoms with Gasteiger partial charge in [-0.2, -0.15) is 0 Å². The van der Waals surface area contributed by atoms with Crippen molar-refractivity contribution in [3.05, 3.63) is 57.5 Å². The minimum Gasteiger partial charge on any atom is -0.331 e. The normalized spacial score (nSPS) is 16.1. The Morgan fingerprint density at radius 1 is 1.21 bits per heavy atom. The third-order valence-corrected chi connectivity index (χ3v) is 6.03. The van der Waals surface area contributed by atoms with Crippen LogP contribution in [0, 0.1) is 5.82 Å². The number of thiophene rings is 1. The van der Waals surface area contributed by atoms with E-state index in [-0.39, 0.29) is 36.4 Å². The summed E-state index contributed by atoms with van der Waals surface area (Å²) >= 11 is 1.69. The van der Waals surface area contributed by atoms with Crippen LogP contribution < -0.4 is 0 Å². The molecule has 0 saturated heterocycles. The topological polar surface area (TPSA) is 43.9 Å². The number of hydrogen-bond donors (Lipinski definition) is 0. The van der Waals surface area contributed by atoms with Gasteiger partial charge in [-0.05, 0) is 55.0 Å². The van der Waals surface area contributed by atoms with E-state index in [1.165, 1.54) is 21.9 Å². The Balaban J connectivity index is 1.91. The molecule has 3 rings (SSSR count). The molecule has 150 valence electrons. The number of rotatable bonds is 4. The SMILES string of the molecule is CC(C)N(CC(=O)N1CCc2sccc2[C@@H]1c1ccc(F)cc1)C(=O)N(C)C. The van der Waals surface area contributed by atoms with Gasteiger partial charge in [0, 0.05) is 31.6 Å². The van der Waals surface area contributed by atoms with Gasteiger partial charge in [0.05, 0.1) is 6.04 Å². The average molecular weight is 404 g/mol. The van der Waals surface area contributed by atoms with Gasteiger partial charge in [-0.15, -0.1) is 11.3 Å². The summed E-state index contributed by atoms with van der Waals surface area (Å²) in [5.41, 5.74) is 1.97. The highest BCUT2D eigenvalue weighted by atomic mass is 32.1. The lowest BCUT2D eigenvalue weighted by Crippen LogP contribution is -2.51. The smallest absolute Gasteiger partial charge is 0.320 e. The lowest BCUT2D eigenvalue weighted by molar-refractivity contribution is -0.134. The number of nitrogens with zero attached hydrogens (tertiary/aromatic N) is 3. The van der Waals surface area contributed by atoms with Crippen LogP contribution in [0.1, 0.15) is 35.9 Å². The zero-order chi connectivity index (χ0) is 20.4. The fraction of sp³-hybridized carbons (Fsp3) is 0.429. The molecule has 1 aliphatic rings. The summed E-state index contributed by atoms with van der Waals surface area (Å²) in [5, 5.41) is 2.03. The van der Waals surface area contributed by atoms with Crippen LogP contribution in [0.3, 0.4) is 0 Å². The Morgan fingerprint density at radius 3 is 2.50 bits per heavy atom. The van der Waals surface area contributed by atoms with Crippen molar-refractivity contribution in [1.29, 1.82) is 0 Å². The molecule has 0 fully saturated rings. The van der Waals surface area contributed by atoms with Gasteiger partial charge in [-0.3, -0.25) is 4.79 Å². The molecule has 1 aromatic heterocycles. The summed E-state index contributed by atoms with van der Waals surface area (Å²) in [5.74, 6) is -0.402. The number of carbonyl (C=O) groups excluding carboxylic acids is 2. The number of hydrogen-bond acceptors (Lipinski definition) is 3. The monoisotopic (exact) mass is 403 g/mol. The number of urea groups is 1. The first-order valence-corrected chi connectivity index (χ1v) is 10.3. The Hall–Kier alpha value is -2.41. The van der Waals surface area contributed by atoms with Crippen LogP contribution in [0.25, 0.3) is 0 Å². The molecule has 7 heteroatoms. The van der Waals surface area contributed by atoms with E-state index < -0.39 is 0 Å². The van der Waals surface area contributed by atoms with E-state index in [4.69, 9.17) is 0 Å². The summed E-state index contributed by atoms with van der Waals surface area (Å²) in [6, 6.07) is 7.82. The van der Waals surface area contributed by atoms with Crippen LogP contribution in [0.4, 0.5) is 9.18 Å². The highest BCUT2D eigenvalue weighted by Gasteiger charge is 2.34. The van der Waals surface area contributed by atoms with E-state index in [0.717, 1.165) is 17.5 Å². The first-order chi connectivity index (χ1) is 13.3. The second-order valence-corrected chi connectivity index (χ2v) is 8.49. The zero-order valence-corrected chi connectivity index (χ0v) is 17.5. The molecule has 0 radical (unpaired) electrons. The third kappa shape index (κ3) is 4.04. The lowest BCUT2D eigenvalue weighted by Gasteiger charge is -2.38. The van der Waals surface area contributed by atoms with Crippen molar-refractivity contribution in [1.82, 2.24) is 14.7 Å². The van der Waals surface area contributed by atoms with Crippen LogP contribution in [-0.4, -0.2) is 59.9 Å². The summed E-state index contributed by atoms with van der Waals surface area (Å²) in [6.07, 6.45) is 0.791. The molecule has 3 amide bonds. The van der Waals surface area contributed by atoms with Gasteiger partial charge in [0.15, 0.2) is 0 Å². The Labute approximate surface area is 169 Å². The van der Waals surface area contributed by atoms with E-state index in [1.54, 1.807) is 42.5 Å². The third-order valence-electron chi connectivity index (χ3n) is 5.03. The molecular formula is C21H26FN3O2S. The van der Waals surface area contributed by atoms with E-state index in [1.807, 2.05) is 30.2 Å². The van der Waals surface area contributed by atoms with Crippen molar-refractivity contribution in [2.24, 2.45) is 0 Å². The van der Waals surface area contributed by atoms with Gasteiger partial charge < -0.3 is 14.7 Å². The van der Waals surface area contributed by atoms with Crippen molar-refractivity contribution in [3.63, 3.8) is 0 Å². The number of benzene rings is 1. The van der Waals surface area contributed by atoms with Crippen molar-refractivity contribution in [2.45, 2.75) is 32.4 Å². The second-order valence-electron chi connectivity index (χ2n) is 7.49. The molecule has 0 bridgehead atoms. The molecule has 0 aliphatic carbocycles. The molecule has 1 aromatic carbocycles. The van der Waals surface area contributed by atoms with Gasteiger partial charge in [0.1, 0.15) is 12.4 Å². The maximum Gasteiger partial charge on any atom is 0.320 e. The number of carbonyl (C=O) groups is 2. The lowest BCUT2D eigenvalue weighted by atomic mass is 9.93. The molecule has 0 unspecified atom stereocenters. The predicted octanol–water partition coefficient (Wildman–Crippen LogP) is 3.75. The molecule has 5 nitrogen and oxygen atoms in total. The van der Waals surface area contributed by atoms with Crippen LogP contribution in [0.5, 0.6) is 0 Å². The summed E-state index contributed by atoms with van der Waals surface area (Å²) < 4.78 is 13.4. The first-order valence-electron chi connectivity index (χ1n) is 9.38. The number of amides is 3. The quantitative estimate of drug-likeness (QED) is 0.780. The van der Waals surface area contributed by atoms with Gasteiger partial charge in [0.2, 0.25) is 5.91 Å². The standard InChI is InChI=1S/C21H26FN3O2S/c1-14(2)25(21(27)23(3)4)13-19(26)24-11-9-18-17(10-12-28-18)20(24)15-5-7-16(22)8-6-15/h5-8,10,12,14,20H,9,11,13H2,1-4H3/t20-/m0/s1. The van der Waals surface area contributed by atoms with Crippen molar-refractivity contribution in [3.8, 4) is 0 Å². The molecule has 2 aromatic rings. The zero-order valence-electron chi connectivity index (χ0n) is 16.7. The van der Waals surface area contributed by atoms with E-state index in [2.05, 4.69) is 0 Å². The highest BCUT2D eigenvalue weighted by molar-refractivity contribution is 7.10. The minimum absolute atomic E-state index is 0.0197. The fourth-order valence-electron chi connectivity index (χ4n) is 3.55.